The molecule has 30 heavy (non-hydrogen) atoms. The van der Waals surface area contributed by atoms with Crippen molar-refractivity contribution in [2.75, 3.05) is 13.2 Å². The van der Waals surface area contributed by atoms with Crippen molar-refractivity contribution in [3.8, 4) is 5.69 Å². The molecule has 8 heteroatoms. The fourth-order valence-electron chi connectivity index (χ4n) is 4.07. The minimum atomic E-state index is -0.303. The number of aryl methyl sites for hydroxylation is 1. The summed E-state index contributed by atoms with van der Waals surface area (Å²) in [5.74, 6) is 0.0898. The quantitative estimate of drug-likeness (QED) is 0.675. The summed E-state index contributed by atoms with van der Waals surface area (Å²) in [6.45, 7) is 3.08. The highest BCUT2D eigenvalue weighted by Crippen LogP contribution is 2.41. The number of rotatable bonds is 6. The number of carbonyl (C=O) groups is 1. The third-order valence-electron chi connectivity index (χ3n) is 5.86. The Morgan fingerprint density at radius 1 is 1.27 bits per heavy atom. The van der Waals surface area contributed by atoms with Crippen LogP contribution < -0.4 is 10.9 Å². The van der Waals surface area contributed by atoms with Gasteiger partial charge in [0.25, 0.3) is 5.56 Å². The van der Waals surface area contributed by atoms with E-state index in [1.165, 1.54) is 4.68 Å². The highest BCUT2D eigenvalue weighted by Gasteiger charge is 2.30. The van der Waals surface area contributed by atoms with E-state index in [9.17, 15) is 9.59 Å². The number of fused-ring (bicyclic) bond motifs is 1. The zero-order valence-corrected chi connectivity index (χ0v) is 17.0. The molecular formula is C22H25N5O3. The van der Waals surface area contributed by atoms with Crippen molar-refractivity contribution in [1.29, 1.82) is 0 Å². The van der Waals surface area contributed by atoms with Crippen LogP contribution in [0.1, 0.15) is 42.9 Å². The normalized spacial score (nSPS) is 18.8. The Kier molecular flexibility index (Phi) is 4.86. The Hall–Kier alpha value is -3.00. The van der Waals surface area contributed by atoms with E-state index in [1.54, 1.807) is 10.9 Å². The first-order valence-electron chi connectivity index (χ1n) is 10.5. The lowest BCUT2D eigenvalue weighted by Gasteiger charge is -2.13. The van der Waals surface area contributed by atoms with Gasteiger partial charge in [0.15, 0.2) is 0 Å². The largest absolute Gasteiger partial charge is 0.376 e. The number of hydrogen-bond donors (Lipinski definition) is 1. The van der Waals surface area contributed by atoms with E-state index in [-0.39, 0.29) is 24.1 Å². The van der Waals surface area contributed by atoms with E-state index >= 15 is 0 Å². The lowest BCUT2D eigenvalue weighted by molar-refractivity contribution is -0.122. The van der Waals surface area contributed by atoms with Crippen molar-refractivity contribution in [1.82, 2.24) is 24.9 Å². The number of hydrogen-bond acceptors (Lipinski definition) is 5. The first-order valence-corrected chi connectivity index (χ1v) is 10.5. The molecule has 5 rings (SSSR count). The lowest BCUT2D eigenvalue weighted by atomic mass is 10.2. The van der Waals surface area contributed by atoms with E-state index in [2.05, 4.69) is 15.5 Å². The van der Waals surface area contributed by atoms with Crippen LogP contribution in [0.2, 0.25) is 0 Å². The summed E-state index contributed by atoms with van der Waals surface area (Å²) in [5, 5.41) is 12.7. The summed E-state index contributed by atoms with van der Waals surface area (Å²) in [6.07, 6.45) is 5.84. The Morgan fingerprint density at radius 3 is 2.83 bits per heavy atom. The number of aromatic nitrogens is 4. The van der Waals surface area contributed by atoms with Crippen LogP contribution in [-0.4, -0.2) is 44.7 Å². The number of amides is 1. The van der Waals surface area contributed by atoms with Crippen molar-refractivity contribution in [3.05, 3.63) is 52.1 Å². The average Bonchev–Trinajstić information content (AvgIpc) is 3.27. The lowest BCUT2D eigenvalue weighted by Crippen LogP contribution is -2.38. The molecule has 8 nitrogen and oxygen atoms in total. The van der Waals surface area contributed by atoms with Crippen LogP contribution >= 0.6 is 0 Å². The Balaban J connectivity index is 1.51. The van der Waals surface area contributed by atoms with Crippen LogP contribution in [0.15, 0.2) is 35.3 Å². The smallest absolute Gasteiger partial charge is 0.293 e. The van der Waals surface area contributed by atoms with Gasteiger partial charge < -0.3 is 10.1 Å². The third-order valence-corrected chi connectivity index (χ3v) is 5.86. The summed E-state index contributed by atoms with van der Waals surface area (Å²) >= 11 is 0. The SMILES string of the molecule is Cc1ccccc1-n1ncc2c(C3CC3)nn(CC(=O)NCC3CCCO3)c(=O)c21. The van der Waals surface area contributed by atoms with Crippen molar-refractivity contribution < 1.29 is 9.53 Å². The predicted octanol–water partition coefficient (Wildman–Crippen LogP) is 2.06. The average molecular weight is 407 g/mol. The molecule has 0 spiro atoms. The minimum absolute atomic E-state index is 0.0608. The molecule has 3 heterocycles. The molecule has 1 aliphatic heterocycles. The van der Waals surface area contributed by atoms with E-state index < -0.39 is 0 Å². The molecule has 156 valence electrons. The summed E-state index contributed by atoms with van der Waals surface area (Å²) in [7, 11) is 0. The van der Waals surface area contributed by atoms with Gasteiger partial charge in [-0.05, 0) is 44.2 Å². The zero-order chi connectivity index (χ0) is 20.7. The molecule has 1 atom stereocenters. The maximum atomic E-state index is 13.3. The number of carbonyl (C=O) groups excluding carboxylic acids is 1. The van der Waals surface area contributed by atoms with Crippen molar-refractivity contribution >= 4 is 16.8 Å². The van der Waals surface area contributed by atoms with Gasteiger partial charge in [-0.1, -0.05) is 18.2 Å². The van der Waals surface area contributed by atoms with E-state index in [1.807, 2.05) is 31.2 Å². The molecule has 2 fully saturated rings. The first-order chi connectivity index (χ1) is 14.6. The molecule has 1 unspecified atom stereocenters. The van der Waals surface area contributed by atoms with Crippen LogP contribution in [0, 0.1) is 6.92 Å². The van der Waals surface area contributed by atoms with Crippen LogP contribution in [-0.2, 0) is 16.1 Å². The third kappa shape index (κ3) is 3.52. The maximum absolute atomic E-state index is 13.3. The molecule has 0 bridgehead atoms. The molecule has 3 aromatic rings. The van der Waals surface area contributed by atoms with Crippen molar-refractivity contribution in [2.24, 2.45) is 0 Å². The monoisotopic (exact) mass is 407 g/mol. The highest BCUT2D eigenvalue weighted by molar-refractivity contribution is 5.83. The second-order valence-electron chi connectivity index (χ2n) is 8.17. The molecule has 2 aliphatic rings. The number of para-hydroxylation sites is 1. The molecule has 1 aromatic carbocycles. The van der Waals surface area contributed by atoms with Gasteiger partial charge in [-0.15, -0.1) is 0 Å². The van der Waals surface area contributed by atoms with Gasteiger partial charge in [0.2, 0.25) is 5.91 Å². The number of benzene rings is 1. The molecule has 1 N–H and O–H groups in total. The van der Waals surface area contributed by atoms with Gasteiger partial charge in [0.05, 0.1) is 23.7 Å². The summed E-state index contributed by atoms with van der Waals surface area (Å²) < 4.78 is 8.52. The zero-order valence-electron chi connectivity index (χ0n) is 17.0. The van der Waals surface area contributed by atoms with Crippen molar-refractivity contribution in [3.63, 3.8) is 0 Å². The fourth-order valence-corrected chi connectivity index (χ4v) is 4.07. The molecule has 2 aromatic heterocycles. The van der Waals surface area contributed by atoms with E-state index in [0.29, 0.717) is 18.0 Å². The fraction of sp³-hybridized carbons (Fsp3) is 0.455. The van der Waals surface area contributed by atoms with Gasteiger partial charge in [0, 0.05) is 24.5 Å². The van der Waals surface area contributed by atoms with Gasteiger partial charge >= 0.3 is 0 Å². The number of nitrogens with zero attached hydrogens (tertiary/aromatic N) is 4. The Morgan fingerprint density at radius 2 is 2.10 bits per heavy atom. The molecule has 0 radical (unpaired) electrons. The maximum Gasteiger partial charge on any atom is 0.293 e. The van der Waals surface area contributed by atoms with Crippen LogP contribution in [0.25, 0.3) is 16.6 Å². The Labute approximate surface area is 173 Å². The standard InChI is InChI=1S/C22H25N5O3/c1-14-5-2-3-7-18(14)27-21-17(12-24-27)20(15-8-9-15)25-26(22(21)29)13-19(28)23-11-16-6-4-10-30-16/h2-3,5,7,12,15-16H,4,6,8-11,13H2,1H3,(H,23,28). The van der Waals surface area contributed by atoms with Crippen molar-refractivity contribution in [2.45, 2.75) is 51.2 Å². The molecule has 1 saturated heterocycles. The van der Waals surface area contributed by atoms with Crippen LogP contribution in [0.3, 0.4) is 0 Å². The van der Waals surface area contributed by atoms with Gasteiger partial charge in [-0.25, -0.2) is 9.36 Å². The van der Waals surface area contributed by atoms with Gasteiger partial charge in [0.1, 0.15) is 12.1 Å². The summed E-state index contributed by atoms with van der Waals surface area (Å²) in [5.41, 5.74) is 2.91. The second-order valence-corrected chi connectivity index (χ2v) is 8.17. The predicted molar refractivity (Wildman–Crippen MR) is 112 cm³/mol. The second kappa shape index (κ2) is 7.68. The van der Waals surface area contributed by atoms with Gasteiger partial charge in [-0.3, -0.25) is 9.59 Å². The Bertz CT molecular complexity index is 1160. The first kappa shape index (κ1) is 19.0. The molecular weight excluding hydrogens is 382 g/mol. The number of nitrogens with one attached hydrogen (secondary N) is 1. The summed E-state index contributed by atoms with van der Waals surface area (Å²) in [6, 6.07) is 7.81. The highest BCUT2D eigenvalue weighted by atomic mass is 16.5. The van der Waals surface area contributed by atoms with Crippen LogP contribution in [0.5, 0.6) is 0 Å². The number of ether oxygens (including phenoxy) is 1. The minimum Gasteiger partial charge on any atom is -0.376 e. The van der Waals surface area contributed by atoms with Crippen LogP contribution in [0.4, 0.5) is 0 Å². The van der Waals surface area contributed by atoms with E-state index in [0.717, 1.165) is 54.6 Å². The topological polar surface area (TPSA) is 91.0 Å². The molecule has 1 amide bonds. The molecule has 1 aliphatic carbocycles. The van der Waals surface area contributed by atoms with E-state index in [4.69, 9.17) is 4.74 Å². The summed E-state index contributed by atoms with van der Waals surface area (Å²) in [4.78, 5) is 25.8. The van der Waals surface area contributed by atoms with Gasteiger partial charge in [-0.2, -0.15) is 10.2 Å². The molecule has 1 saturated carbocycles.